The molecule has 1 unspecified atom stereocenters. The zero-order valence-corrected chi connectivity index (χ0v) is 15.0. The largest absolute Gasteiger partial charge is 1.00 e. The van der Waals surface area contributed by atoms with Crippen molar-refractivity contribution in [2.45, 2.75) is 19.5 Å². The summed E-state index contributed by atoms with van der Waals surface area (Å²) < 4.78 is 24.1. The number of fused-ring (bicyclic) bond motifs is 1. The van der Waals surface area contributed by atoms with Crippen molar-refractivity contribution in [2.24, 2.45) is 0 Å². The molecule has 1 heterocycles. The highest BCUT2D eigenvalue weighted by Gasteiger charge is 2.22. The van der Waals surface area contributed by atoms with Crippen LogP contribution in [0.5, 0.6) is 11.5 Å². The fourth-order valence-electron chi connectivity index (χ4n) is 3.12. The summed E-state index contributed by atoms with van der Waals surface area (Å²) >= 11 is 0. The molecule has 5 heteroatoms. The van der Waals surface area contributed by atoms with E-state index in [0.717, 1.165) is 43.1 Å². The van der Waals surface area contributed by atoms with E-state index in [0.29, 0.717) is 0 Å². The van der Waals surface area contributed by atoms with Crippen LogP contribution in [-0.2, 0) is 19.5 Å². The molecule has 1 aliphatic rings. The molecule has 0 radical (unpaired) electrons. The van der Waals surface area contributed by atoms with Gasteiger partial charge in [0.15, 0.2) is 11.5 Å². The molecule has 2 aromatic rings. The average molecular weight is 382 g/mol. The second-order valence-corrected chi connectivity index (χ2v) is 5.71. The molecule has 0 aliphatic carbocycles. The number of ether oxygens (including phenoxy) is 2. The van der Waals surface area contributed by atoms with Gasteiger partial charge in [-0.25, -0.2) is 4.39 Å². The summed E-state index contributed by atoms with van der Waals surface area (Å²) in [6.07, 6.45) is 1.00. The summed E-state index contributed by atoms with van der Waals surface area (Å²) in [6, 6.07) is 11.0. The predicted molar refractivity (Wildman–Crippen MR) is 82.9 cm³/mol. The molecule has 0 bridgehead atoms. The van der Waals surface area contributed by atoms with Crippen LogP contribution in [-0.4, -0.2) is 20.8 Å². The lowest BCUT2D eigenvalue weighted by Gasteiger charge is -2.27. The molecule has 0 fully saturated rings. The van der Waals surface area contributed by atoms with Gasteiger partial charge in [-0.05, 0) is 29.8 Å². The number of rotatable bonds is 4. The zero-order valence-electron chi connectivity index (χ0n) is 13.4. The van der Waals surface area contributed by atoms with Gasteiger partial charge in [0.25, 0.3) is 0 Å². The van der Waals surface area contributed by atoms with E-state index in [1.54, 1.807) is 26.4 Å². The predicted octanol–water partition coefficient (Wildman–Crippen LogP) is -1.01. The van der Waals surface area contributed by atoms with E-state index in [4.69, 9.17) is 9.47 Å². The molecule has 1 atom stereocenters. The average Bonchev–Trinajstić information content (AvgIpc) is 2.53. The maximum Gasteiger partial charge on any atom is 0.161 e. The molecule has 0 amide bonds. The Balaban J connectivity index is 0.00000192. The molecule has 124 valence electrons. The van der Waals surface area contributed by atoms with Gasteiger partial charge < -0.3 is 31.4 Å². The topological polar surface area (TPSA) is 22.9 Å². The van der Waals surface area contributed by atoms with Gasteiger partial charge in [-0.3, -0.25) is 0 Å². The van der Waals surface area contributed by atoms with E-state index in [1.807, 2.05) is 6.07 Å². The highest BCUT2D eigenvalue weighted by atomic mass is 79.9. The van der Waals surface area contributed by atoms with Gasteiger partial charge >= 0.3 is 0 Å². The van der Waals surface area contributed by atoms with Gasteiger partial charge in [-0.1, -0.05) is 12.1 Å². The van der Waals surface area contributed by atoms with Gasteiger partial charge in [0.2, 0.25) is 0 Å². The minimum Gasteiger partial charge on any atom is -1.00 e. The number of nitrogens with one attached hydrogen (secondary N) is 1. The Morgan fingerprint density at radius 2 is 1.74 bits per heavy atom. The Bertz CT molecular complexity index is 678. The van der Waals surface area contributed by atoms with Gasteiger partial charge in [0.1, 0.15) is 18.9 Å². The zero-order chi connectivity index (χ0) is 15.5. The number of benzene rings is 2. The van der Waals surface area contributed by atoms with Crippen molar-refractivity contribution in [2.75, 3.05) is 20.8 Å². The lowest BCUT2D eigenvalue weighted by molar-refractivity contribution is -0.929. The molecule has 0 saturated heterocycles. The maximum atomic E-state index is 13.3. The lowest BCUT2D eigenvalue weighted by Crippen LogP contribution is -3.10. The first-order chi connectivity index (χ1) is 10.7. The van der Waals surface area contributed by atoms with E-state index in [1.165, 1.54) is 22.1 Å². The number of methoxy groups -OCH3 is 2. The molecular formula is C18H21BrFNO2. The van der Waals surface area contributed by atoms with Crippen molar-refractivity contribution in [3.05, 3.63) is 58.9 Å². The van der Waals surface area contributed by atoms with Crippen LogP contribution in [0.15, 0.2) is 36.4 Å². The maximum absolute atomic E-state index is 13.3. The SMILES string of the molecule is COc1cc2c(cc1OC)C[NH+](Cc1cccc(F)c1)CC2.[Br-]. The minimum absolute atomic E-state index is 0. The summed E-state index contributed by atoms with van der Waals surface area (Å²) in [5.41, 5.74) is 3.65. The van der Waals surface area contributed by atoms with Crippen LogP contribution < -0.4 is 31.4 Å². The molecule has 1 aliphatic heterocycles. The fraction of sp³-hybridized carbons (Fsp3) is 0.333. The first kappa shape index (κ1) is 17.8. The molecule has 2 aromatic carbocycles. The Morgan fingerprint density at radius 1 is 1.04 bits per heavy atom. The number of quaternary nitrogens is 1. The molecule has 3 rings (SSSR count). The highest BCUT2D eigenvalue weighted by molar-refractivity contribution is 5.47. The third kappa shape index (κ3) is 4.03. The van der Waals surface area contributed by atoms with Gasteiger partial charge in [0.05, 0.1) is 20.8 Å². The first-order valence-corrected chi connectivity index (χ1v) is 7.51. The molecule has 3 nitrogen and oxygen atoms in total. The van der Waals surface area contributed by atoms with Gasteiger partial charge in [-0.15, -0.1) is 0 Å². The van der Waals surface area contributed by atoms with Gasteiger partial charge in [0, 0.05) is 17.5 Å². The van der Waals surface area contributed by atoms with Crippen LogP contribution in [0.1, 0.15) is 16.7 Å². The van der Waals surface area contributed by atoms with E-state index >= 15 is 0 Å². The second kappa shape index (κ2) is 7.79. The molecule has 0 spiro atoms. The van der Waals surface area contributed by atoms with Crippen molar-refractivity contribution in [3.63, 3.8) is 0 Å². The smallest absolute Gasteiger partial charge is 0.161 e. The molecule has 0 aromatic heterocycles. The quantitative estimate of drug-likeness (QED) is 0.733. The molecule has 0 saturated carbocycles. The second-order valence-electron chi connectivity index (χ2n) is 5.71. The number of halogens is 2. The van der Waals surface area contributed by atoms with E-state index < -0.39 is 0 Å². The summed E-state index contributed by atoms with van der Waals surface area (Å²) in [6.45, 7) is 2.80. The summed E-state index contributed by atoms with van der Waals surface area (Å²) in [4.78, 5) is 1.44. The first-order valence-electron chi connectivity index (χ1n) is 7.51. The Hall–Kier alpha value is -1.59. The van der Waals surface area contributed by atoms with Crippen molar-refractivity contribution >= 4 is 0 Å². The molecule has 1 N–H and O–H groups in total. The summed E-state index contributed by atoms with van der Waals surface area (Å²) in [5.74, 6) is 1.39. The Kier molecular flexibility index (Phi) is 6.02. The van der Waals surface area contributed by atoms with Crippen molar-refractivity contribution in [3.8, 4) is 11.5 Å². The lowest BCUT2D eigenvalue weighted by atomic mass is 9.98. The Morgan fingerprint density at radius 3 is 2.39 bits per heavy atom. The van der Waals surface area contributed by atoms with Crippen LogP contribution in [0.25, 0.3) is 0 Å². The van der Waals surface area contributed by atoms with Crippen molar-refractivity contribution < 1.29 is 35.7 Å². The standard InChI is InChI=1S/C18H20FNO2.BrH/c1-21-17-9-14-6-7-20(12-15(14)10-18(17)22-2)11-13-4-3-5-16(19)8-13;/h3-5,8-10H,6-7,11-12H2,1-2H3;1H. The fourth-order valence-corrected chi connectivity index (χ4v) is 3.12. The van der Waals surface area contributed by atoms with Crippen LogP contribution in [0.3, 0.4) is 0 Å². The van der Waals surface area contributed by atoms with Gasteiger partial charge in [-0.2, -0.15) is 0 Å². The third-order valence-corrected chi connectivity index (χ3v) is 4.24. The van der Waals surface area contributed by atoms with E-state index in [2.05, 4.69) is 12.1 Å². The van der Waals surface area contributed by atoms with Crippen molar-refractivity contribution in [1.29, 1.82) is 0 Å². The number of hydrogen-bond acceptors (Lipinski definition) is 2. The Labute approximate surface area is 146 Å². The highest BCUT2D eigenvalue weighted by Crippen LogP contribution is 2.31. The molecular weight excluding hydrogens is 361 g/mol. The number of hydrogen-bond donors (Lipinski definition) is 1. The van der Waals surface area contributed by atoms with Crippen LogP contribution >= 0.6 is 0 Å². The monoisotopic (exact) mass is 381 g/mol. The van der Waals surface area contributed by atoms with Crippen LogP contribution in [0.2, 0.25) is 0 Å². The van der Waals surface area contributed by atoms with E-state index in [-0.39, 0.29) is 22.8 Å². The van der Waals surface area contributed by atoms with Crippen LogP contribution in [0.4, 0.5) is 4.39 Å². The molecule has 23 heavy (non-hydrogen) atoms. The summed E-state index contributed by atoms with van der Waals surface area (Å²) in [7, 11) is 3.32. The van der Waals surface area contributed by atoms with Crippen molar-refractivity contribution in [1.82, 2.24) is 0 Å². The normalized spacial score (nSPS) is 16.2. The van der Waals surface area contributed by atoms with E-state index in [9.17, 15) is 4.39 Å². The minimum atomic E-state index is -0.166. The van der Waals surface area contributed by atoms with Crippen LogP contribution in [0, 0.1) is 5.82 Å². The summed E-state index contributed by atoms with van der Waals surface area (Å²) in [5, 5.41) is 0. The third-order valence-electron chi connectivity index (χ3n) is 4.24.